The second-order valence-electron chi connectivity index (χ2n) is 5.45. The lowest BCUT2D eigenvalue weighted by Gasteiger charge is -2.28. The van der Waals surface area contributed by atoms with Crippen molar-refractivity contribution in [3.63, 3.8) is 0 Å². The van der Waals surface area contributed by atoms with Gasteiger partial charge in [0.1, 0.15) is 0 Å². The van der Waals surface area contributed by atoms with Crippen LogP contribution in [0.2, 0.25) is 0 Å². The number of benzene rings is 3. The van der Waals surface area contributed by atoms with E-state index in [4.69, 9.17) is 16.6 Å². The maximum atomic E-state index is 6.10. The second-order valence-corrected chi connectivity index (χ2v) is 9.19. The zero-order valence-electron chi connectivity index (χ0n) is 12.9. The zero-order valence-corrected chi connectivity index (χ0v) is 14.6. The van der Waals surface area contributed by atoms with Gasteiger partial charge >= 0.3 is 0 Å². The smallest absolute Gasteiger partial charge is 0.192 e. The van der Waals surface area contributed by atoms with Gasteiger partial charge in [0.25, 0.3) is 0 Å². The van der Waals surface area contributed by atoms with Crippen LogP contribution in [0.1, 0.15) is 5.56 Å². The maximum Gasteiger partial charge on any atom is 0.192 e. The molecule has 5 heteroatoms. The first-order valence-corrected chi connectivity index (χ1v) is 10.4. The number of rotatable bonds is 3. The van der Waals surface area contributed by atoms with Crippen LogP contribution in [0.4, 0.5) is 5.69 Å². The summed E-state index contributed by atoms with van der Waals surface area (Å²) >= 11 is 6.10. The number of hydrazine groups is 1. The molecule has 0 fully saturated rings. The molecule has 4 rings (SSSR count). The van der Waals surface area contributed by atoms with Crippen molar-refractivity contribution in [2.24, 2.45) is 4.76 Å². The van der Waals surface area contributed by atoms with Crippen molar-refractivity contribution < 1.29 is 0 Å². The van der Waals surface area contributed by atoms with Crippen LogP contribution in [0.5, 0.6) is 0 Å². The van der Waals surface area contributed by atoms with Crippen LogP contribution in [-0.4, -0.2) is 5.84 Å². The Labute approximate surface area is 146 Å². The Morgan fingerprint density at radius 1 is 0.750 bits per heavy atom. The lowest BCUT2D eigenvalue weighted by Crippen LogP contribution is -2.36. The molecule has 1 atom stereocenters. The van der Waals surface area contributed by atoms with Gasteiger partial charge in [-0.15, -0.1) is 0 Å². The van der Waals surface area contributed by atoms with E-state index in [2.05, 4.69) is 34.5 Å². The van der Waals surface area contributed by atoms with Crippen molar-refractivity contribution in [3.8, 4) is 0 Å². The average Bonchev–Trinajstić information content (AvgIpc) is 3.03. The number of amidine groups is 1. The summed E-state index contributed by atoms with van der Waals surface area (Å²) in [6.45, 7) is 0. The molecular formula is C19H16N3PS. The molecule has 0 amide bonds. The highest BCUT2D eigenvalue weighted by molar-refractivity contribution is 8.18. The van der Waals surface area contributed by atoms with E-state index in [0.717, 1.165) is 22.4 Å². The van der Waals surface area contributed by atoms with Crippen LogP contribution in [0.3, 0.4) is 0 Å². The molecule has 0 saturated heterocycles. The molecule has 0 spiro atoms. The van der Waals surface area contributed by atoms with Gasteiger partial charge in [0.15, 0.2) is 12.2 Å². The van der Waals surface area contributed by atoms with Crippen molar-refractivity contribution >= 4 is 35.0 Å². The van der Waals surface area contributed by atoms with Gasteiger partial charge < -0.3 is 0 Å². The molecule has 118 valence electrons. The van der Waals surface area contributed by atoms with E-state index in [9.17, 15) is 0 Å². The molecule has 24 heavy (non-hydrogen) atoms. The molecule has 1 heterocycles. The topological polar surface area (TPSA) is 27.6 Å². The quantitative estimate of drug-likeness (QED) is 0.722. The van der Waals surface area contributed by atoms with E-state index < -0.39 is 6.34 Å². The Balaban J connectivity index is 1.85. The highest BCUT2D eigenvalue weighted by Crippen LogP contribution is 2.54. The second kappa shape index (κ2) is 6.23. The SMILES string of the molecule is S=P1(c2ccccc2)N=C(c2ccccc2)NN1c1ccccc1. The molecule has 3 aromatic rings. The van der Waals surface area contributed by atoms with Gasteiger partial charge in [-0.25, -0.2) is 9.54 Å². The Hall–Kier alpha value is -2.42. The summed E-state index contributed by atoms with van der Waals surface area (Å²) in [6.07, 6.45) is -2.33. The fourth-order valence-electron chi connectivity index (χ4n) is 2.67. The van der Waals surface area contributed by atoms with E-state index in [-0.39, 0.29) is 0 Å². The summed E-state index contributed by atoms with van der Waals surface area (Å²) in [6, 6.07) is 30.4. The first kappa shape index (κ1) is 15.1. The molecule has 0 aliphatic carbocycles. The van der Waals surface area contributed by atoms with Crippen LogP contribution in [0.25, 0.3) is 0 Å². The van der Waals surface area contributed by atoms with E-state index in [1.807, 2.05) is 66.7 Å². The standard InChI is InChI=1S/C19H16N3PS/c24-23(18-14-8-3-9-15-18)21-19(16-10-4-1-5-11-16)20-22(23)17-12-6-2-7-13-17/h1-15H,(H,20,21,24). The molecule has 3 aromatic carbocycles. The van der Waals surface area contributed by atoms with Gasteiger partial charge in [0.2, 0.25) is 0 Å². The summed E-state index contributed by atoms with van der Waals surface area (Å²) in [7, 11) is 0. The lowest BCUT2D eigenvalue weighted by atomic mass is 10.2. The summed E-state index contributed by atoms with van der Waals surface area (Å²) in [5.74, 6) is 0.826. The predicted octanol–water partition coefficient (Wildman–Crippen LogP) is 4.09. The molecule has 0 aromatic heterocycles. The minimum atomic E-state index is -2.33. The Morgan fingerprint density at radius 2 is 1.29 bits per heavy atom. The van der Waals surface area contributed by atoms with Crippen LogP contribution < -0.4 is 15.5 Å². The third-order valence-corrected chi connectivity index (χ3v) is 7.54. The minimum absolute atomic E-state index is 0.826. The van der Waals surface area contributed by atoms with Crippen molar-refractivity contribution in [3.05, 3.63) is 96.6 Å². The number of para-hydroxylation sites is 1. The van der Waals surface area contributed by atoms with E-state index in [0.29, 0.717) is 0 Å². The lowest BCUT2D eigenvalue weighted by molar-refractivity contribution is 1.03. The predicted molar refractivity (Wildman–Crippen MR) is 105 cm³/mol. The number of hydrogen-bond acceptors (Lipinski definition) is 2. The zero-order chi connectivity index (χ0) is 16.4. The van der Waals surface area contributed by atoms with Gasteiger partial charge in [-0.05, 0) is 23.9 Å². The van der Waals surface area contributed by atoms with Gasteiger partial charge in [-0.2, -0.15) is 0 Å². The van der Waals surface area contributed by atoms with E-state index in [1.54, 1.807) is 0 Å². The first-order valence-electron chi connectivity index (χ1n) is 7.71. The fourth-order valence-corrected chi connectivity index (χ4v) is 5.79. The van der Waals surface area contributed by atoms with Crippen LogP contribution in [0, 0.1) is 0 Å². The van der Waals surface area contributed by atoms with Crippen molar-refractivity contribution in [2.45, 2.75) is 0 Å². The van der Waals surface area contributed by atoms with Gasteiger partial charge in [0, 0.05) is 10.9 Å². The minimum Gasteiger partial charge on any atom is -0.275 e. The van der Waals surface area contributed by atoms with Gasteiger partial charge in [-0.1, -0.05) is 78.9 Å². The van der Waals surface area contributed by atoms with E-state index in [1.165, 1.54) is 0 Å². The van der Waals surface area contributed by atoms with Crippen molar-refractivity contribution in [1.82, 2.24) is 5.43 Å². The fraction of sp³-hybridized carbons (Fsp3) is 0. The van der Waals surface area contributed by atoms with E-state index >= 15 is 0 Å². The molecule has 1 aliphatic rings. The molecule has 1 unspecified atom stereocenters. The number of nitrogens with one attached hydrogen (secondary N) is 1. The molecule has 1 aliphatic heterocycles. The number of hydrogen-bond donors (Lipinski definition) is 1. The van der Waals surface area contributed by atoms with Gasteiger partial charge in [0.05, 0.1) is 5.69 Å². The highest BCUT2D eigenvalue weighted by Gasteiger charge is 2.35. The molecule has 1 N–H and O–H groups in total. The van der Waals surface area contributed by atoms with Crippen LogP contribution >= 0.6 is 6.34 Å². The summed E-state index contributed by atoms with van der Waals surface area (Å²) < 4.78 is 7.03. The number of anilines is 1. The maximum absolute atomic E-state index is 6.10. The number of nitrogens with zero attached hydrogens (tertiary/aromatic N) is 2. The molecular weight excluding hydrogens is 333 g/mol. The Morgan fingerprint density at radius 3 is 1.92 bits per heavy atom. The summed E-state index contributed by atoms with van der Waals surface area (Å²) in [5.41, 5.74) is 5.51. The monoisotopic (exact) mass is 349 g/mol. The average molecular weight is 349 g/mol. The van der Waals surface area contributed by atoms with Crippen LogP contribution in [0.15, 0.2) is 95.8 Å². The molecule has 0 radical (unpaired) electrons. The Bertz CT molecular complexity index is 911. The molecule has 0 bridgehead atoms. The highest BCUT2D eigenvalue weighted by atomic mass is 32.4. The summed E-state index contributed by atoms with van der Waals surface area (Å²) in [5, 5.41) is 1.07. The van der Waals surface area contributed by atoms with Crippen molar-refractivity contribution in [2.75, 3.05) is 4.78 Å². The van der Waals surface area contributed by atoms with Crippen LogP contribution in [-0.2, 0) is 11.8 Å². The largest absolute Gasteiger partial charge is 0.275 e. The van der Waals surface area contributed by atoms with Gasteiger partial charge in [-0.3, -0.25) is 5.43 Å². The summed E-state index contributed by atoms with van der Waals surface area (Å²) in [4.78, 5) is 0. The normalized spacial score (nSPS) is 19.7. The first-order chi connectivity index (χ1) is 11.8. The third-order valence-electron chi connectivity index (χ3n) is 3.86. The molecule has 0 saturated carbocycles. The molecule has 3 nitrogen and oxygen atoms in total. The Kier molecular flexibility index (Phi) is 3.93. The van der Waals surface area contributed by atoms with Crippen molar-refractivity contribution in [1.29, 1.82) is 0 Å². The third kappa shape index (κ3) is 2.64.